The second-order valence-electron chi connectivity index (χ2n) is 8.62. The van der Waals surface area contributed by atoms with Crippen molar-refractivity contribution in [2.75, 3.05) is 5.32 Å². The molecule has 1 fully saturated rings. The number of aryl methyl sites for hydroxylation is 1. The zero-order chi connectivity index (χ0) is 23.5. The zero-order valence-corrected chi connectivity index (χ0v) is 18.5. The van der Waals surface area contributed by atoms with Gasteiger partial charge in [0.1, 0.15) is 5.69 Å². The van der Waals surface area contributed by atoms with Crippen LogP contribution in [-0.4, -0.2) is 34.3 Å². The van der Waals surface area contributed by atoms with Gasteiger partial charge in [0.05, 0.1) is 12.2 Å². The van der Waals surface area contributed by atoms with Gasteiger partial charge < -0.3 is 15.5 Å². The van der Waals surface area contributed by atoms with Crippen LogP contribution in [-0.2, 0) is 11.8 Å². The molecule has 2 unspecified atom stereocenters. The highest BCUT2D eigenvalue weighted by Gasteiger charge is 2.37. The van der Waals surface area contributed by atoms with Gasteiger partial charge in [-0.25, -0.2) is 0 Å². The van der Waals surface area contributed by atoms with Crippen LogP contribution >= 0.6 is 0 Å². The fraction of sp³-hybridized carbons (Fsp3) is 0.478. The molecule has 176 valence electrons. The number of aromatic nitrogens is 2. The third-order valence-corrected chi connectivity index (χ3v) is 6.30. The Kier molecular flexibility index (Phi) is 6.71. The summed E-state index contributed by atoms with van der Waals surface area (Å²) in [5.41, 5.74) is 4.72. The van der Waals surface area contributed by atoms with Crippen molar-refractivity contribution in [1.82, 2.24) is 15.2 Å². The first-order valence-electron chi connectivity index (χ1n) is 11.1. The summed E-state index contributed by atoms with van der Waals surface area (Å²) in [5.74, 6) is -1.61. The molecule has 0 spiro atoms. The van der Waals surface area contributed by atoms with E-state index in [-0.39, 0.29) is 29.3 Å². The van der Waals surface area contributed by atoms with E-state index in [0.29, 0.717) is 18.4 Å². The van der Waals surface area contributed by atoms with Gasteiger partial charge in [-0.15, -0.1) is 5.10 Å². The highest BCUT2D eigenvalue weighted by atomic mass is 19.3. The van der Waals surface area contributed by atoms with Gasteiger partial charge in [-0.1, -0.05) is 44.0 Å². The average molecular weight is 459 g/mol. The Morgan fingerprint density at radius 3 is 2.52 bits per heavy atom. The molecule has 1 aromatic carbocycles. The van der Waals surface area contributed by atoms with E-state index in [1.807, 2.05) is 18.3 Å². The number of benzene rings is 1. The van der Waals surface area contributed by atoms with Gasteiger partial charge in [-0.2, -0.15) is 13.9 Å². The van der Waals surface area contributed by atoms with Gasteiger partial charge in [-0.05, 0) is 18.4 Å². The molecule has 2 aliphatic rings. The molecule has 1 aliphatic carbocycles. The van der Waals surface area contributed by atoms with Crippen LogP contribution in [0.3, 0.4) is 0 Å². The van der Waals surface area contributed by atoms with Crippen LogP contribution in [0.4, 0.5) is 14.5 Å². The largest absolute Gasteiger partial charge is 0.413 e. The molecule has 0 saturated heterocycles. The fourth-order valence-corrected chi connectivity index (χ4v) is 4.60. The second kappa shape index (κ2) is 9.68. The lowest BCUT2D eigenvalue weighted by atomic mass is 9.75. The monoisotopic (exact) mass is 459 g/mol. The van der Waals surface area contributed by atoms with Gasteiger partial charge in [0, 0.05) is 36.6 Å². The van der Waals surface area contributed by atoms with Crippen LogP contribution < -0.4 is 15.5 Å². The number of carbonyl (C=O) groups is 2. The summed E-state index contributed by atoms with van der Waals surface area (Å²) < 4.78 is 31.0. The van der Waals surface area contributed by atoms with Crippen molar-refractivity contribution in [3.63, 3.8) is 0 Å². The van der Waals surface area contributed by atoms with Crippen molar-refractivity contribution in [3.05, 3.63) is 41.6 Å². The Bertz CT molecular complexity index is 1040. The number of rotatable bonds is 7. The standard InChI is InChI=1S/C23H27F2N5O3/c1-13-11-26-28-19(13)14-7-9-15(10-8-14)20(31)16-5-3-4-6-17(16)21(32)27-18-12-30(2)29-22(18)33-23(24)25/h7-13,16-17,19,23,28H,3-6H2,1-2H3,(H,27,32)/t13?,16-,17-,19?/m1/s1. The number of nitrogens with zero attached hydrogens (tertiary/aromatic N) is 3. The lowest BCUT2D eigenvalue weighted by Crippen LogP contribution is -2.36. The molecule has 1 aromatic heterocycles. The number of anilines is 1. The van der Waals surface area contributed by atoms with Crippen molar-refractivity contribution >= 4 is 23.6 Å². The molecule has 4 atom stereocenters. The summed E-state index contributed by atoms with van der Waals surface area (Å²) >= 11 is 0. The van der Waals surface area contributed by atoms with E-state index < -0.39 is 24.4 Å². The third-order valence-electron chi connectivity index (χ3n) is 6.30. The maximum atomic E-state index is 13.3. The zero-order valence-electron chi connectivity index (χ0n) is 18.5. The Morgan fingerprint density at radius 2 is 1.88 bits per heavy atom. The minimum absolute atomic E-state index is 0.0596. The Hall–Kier alpha value is -3.30. The summed E-state index contributed by atoms with van der Waals surface area (Å²) in [7, 11) is 1.54. The first kappa shape index (κ1) is 22.9. The molecular formula is C23H27F2N5O3. The minimum Gasteiger partial charge on any atom is -0.413 e. The van der Waals surface area contributed by atoms with E-state index >= 15 is 0 Å². The normalized spacial score (nSPS) is 24.5. The van der Waals surface area contributed by atoms with Gasteiger partial charge >= 0.3 is 6.61 Å². The van der Waals surface area contributed by atoms with Crippen molar-refractivity contribution in [3.8, 4) is 5.88 Å². The van der Waals surface area contributed by atoms with Crippen LogP contribution in [0.2, 0.25) is 0 Å². The van der Waals surface area contributed by atoms with E-state index in [9.17, 15) is 18.4 Å². The number of alkyl halides is 2. The maximum absolute atomic E-state index is 13.3. The van der Waals surface area contributed by atoms with Gasteiger partial charge in [-0.3, -0.25) is 14.3 Å². The molecule has 0 bridgehead atoms. The number of Topliss-reactive ketones (excluding diaryl/α,β-unsaturated/α-hetero) is 1. The number of amides is 1. The summed E-state index contributed by atoms with van der Waals surface area (Å²) in [4.78, 5) is 26.4. The number of hydrazone groups is 1. The SMILES string of the molecule is CC1C=NNC1c1ccc(C(=O)[C@@H]2CCCC[C@H]2C(=O)Nc2cn(C)nc2OC(F)F)cc1. The fourth-order valence-electron chi connectivity index (χ4n) is 4.60. The number of ether oxygens (including phenoxy) is 1. The molecule has 4 rings (SSSR count). The van der Waals surface area contributed by atoms with Crippen LogP contribution in [0.5, 0.6) is 5.88 Å². The molecule has 2 heterocycles. The van der Waals surface area contributed by atoms with Crippen LogP contribution in [0.1, 0.15) is 54.6 Å². The first-order chi connectivity index (χ1) is 15.8. The number of hydrogen-bond acceptors (Lipinski definition) is 6. The molecule has 0 radical (unpaired) electrons. The number of carbonyl (C=O) groups excluding carboxylic acids is 2. The summed E-state index contributed by atoms with van der Waals surface area (Å²) in [6.45, 7) is -0.991. The lowest BCUT2D eigenvalue weighted by molar-refractivity contribution is -0.122. The highest BCUT2D eigenvalue weighted by Crippen LogP contribution is 2.35. The number of hydrogen-bond donors (Lipinski definition) is 2. The van der Waals surface area contributed by atoms with E-state index in [2.05, 4.69) is 32.6 Å². The lowest BCUT2D eigenvalue weighted by Gasteiger charge is -2.29. The predicted molar refractivity (Wildman–Crippen MR) is 118 cm³/mol. The molecule has 1 amide bonds. The molecule has 2 aromatic rings. The Morgan fingerprint density at radius 1 is 1.18 bits per heavy atom. The average Bonchev–Trinajstić information content (AvgIpc) is 3.37. The van der Waals surface area contributed by atoms with Crippen LogP contribution in [0.15, 0.2) is 35.6 Å². The quantitative estimate of drug-likeness (QED) is 0.612. The smallest absolute Gasteiger partial charge is 0.388 e. The number of ketones is 1. The topological polar surface area (TPSA) is 97.6 Å². The van der Waals surface area contributed by atoms with E-state index in [0.717, 1.165) is 18.4 Å². The molecule has 10 heteroatoms. The van der Waals surface area contributed by atoms with E-state index in [1.54, 1.807) is 19.2 Å². The molecule has 33 heavy (non-hydrogen) atoms. The van der Waals surface area contributed by atoms with Crippen LogP contribution in [0.25, 0.3) is 0 Å². The summed E-state index contributed by atoms with van der Waals surface area (Å²) in [5, 5.41) is 10.6. The van der Waals surface area contributed by atoms with Crippen molar-refractivity contribution in [1.29, 1.82) is 0 Å². The summed E-state index contributed by atoms with van der Waals surface area (Å²) in [6.07, 6.45) is 6.07. The van der Waals surface area contributed by atoms with Crippen molar-refractivity contribution in [2.45, 2.75) is 45.3 Å². The van der Waals surface area contributed by atoms with Gasteiger partial charge in [0.25, 0.3) is 5.88 Å². The molecule has 8 nitrogen and oxygen atoms in total. The molecular weight excluding hydrogens is 432 g/mol. The molecule has 1 aliphatic heterocycles. The van der Waals surface area contributed by atoms with Crippen molar-refractivity contribution in [2.24, 2.45) is 29.9 Å². The minimum atomic E-state index is -3.06. The highest BCUT2D eigenvalue weighted by molar-refractivity contribution is 6.03. The first-order valence-corrected chi connectivity index (χ1v) is 11.1. The Balaban J connectivity index is 1.48. The van der Waals surface area contributed by atoms with Crippen molar-refractivity contribution < 1.29 is 23.1 Å². The number of nitrogens with one attached hydrogen (secondary N) is 2. The van der Waals surface area contributed by atoms with Gasteiger partial charge in [0.2, 0.25) is 5.91 Å². The predicted octanol–water partition coefficient (Wildman–Crippen LogP) is 3.92. The second-order valence-corrected chi connectivity index (χ2v) is 8.62. The molecule has 2 N–H and O–H groups in total. The maximum Gasteiger partial charge on any atom is 0.388 e. The van der Waals surface area contributed by atoms with E-state index in [1.165, 1.54) is 10.9 Å². The number of halogens is 2. The van der Waals surface area contributed by atoms with Gasteiger partial charge in [0.15, 0.2) is 5.78 Å². The van der Waals surface area contributed by atoms with Crippen LogP contribution in [0, 0.1) is 17.8 Å². The van der Waals surface area contributed by atoms with E-state index in [4.69, 9.17) is 0 Å². The Labute approximate surface area is 190 Å². The molecule has 1 saturated carbocycles. The summed E-state index contributed by atoms with van der Waals surface area (Å²) in [6, 6.07) is 7.49. The third kappa shape index (κ3) is 5.04.